The largest absolute Gasteiger partial charge is 0.355 e. The average molecular weight is 437 g/mol. The molecule has 0 aliphatic heterocycles. The van der Waals surface area contributed by atoms with Gasteiger partial charge in [0, 0.05) is 42.6 Å². The summed E-state index contributed by atoms with van der Waals surface area (Å²) in [4.78, 5) is 24.3. The molecule has 0 bridgehead atoms. The second-order valence-corrected chi connectivity index (χ2v) is 7.41. The zero-order chi connectivity index (χ0) is 23.0. The molecule has 1 heterocycles. The van der Waals surface area contributed by atoms with Gasteiger partial charge >= 0.3 is 0 Å². The Hall–Kier alpha value is -4.45. The van der Waals surface area contributed by atoms with Gasteiger partial charge in [0.1, 0.15) is 0 Å². The third kappa shape index (κ3) is 5.43. The van der Waals surface area contributed by atoms with Crippen LogP contribution in [0.25, 0.3) is 23.0 Å². The van der Waals surface area contributed by atoms with Crippen molar-refractivity contribution in [3.8, 4) is 16.9 Å². The van der Waals surface area contributed by atoms with E-state index in [4.69, 9.17) is 5.10 Å². The van der Waals surface area contributed by atoms with Crippen molar-refractivity contribution in [3.63, 3.8) is 0 Å². The Bertz CT molecular complexity index is 1280. The minimum atomic E-state index is -0.230. The van der Waals surface area contributed by atoms with E-state index in [0.717, 1.165) is 28.1 Å². The van der Waals surface area contributed by atoms with Gasteiger partial charge in [0.05, 0.1) is 11.4 Å². The molecule has 0 spiro atoms. The second-order valence-electron chi connectivity index (χ2n) is 7.41. The van der Waals surface area contributed by atoms with Crippen LogP contribution in [0.1, 0.15) is 21.5 Å². The highest BCUT2D eigenvalue weighted by molar-refractivity contribution is 5.94. The van der Waals surface area contributed by atoms with Gasteiger partial charge in [0.25, 0.3) is 5.91 Å². The van der Waals surface area contributed by atoms with Gasteiger partial charge < -0.3 is 10.6 Å². The fourth-order valence-electron chi connectivity index (χ4n) is 3.42. The summed E-state index contributed by atoms with van der Waals surface area (Å²) in [6.45, 7) is 0.322. The Labute approximate surface area is 192 Å². The van der Waals surface area contributed by atoms with E-state index in [1.807, 2.05) is 77.6 Å². The third-order valence-corrected chi connectivity index (χ3v) is 5.11. The molecule has 0 radical (unpaired) electrons. The monoisotopic (exact) mass is 436 g/mol. The van der Waals surface area contributed by atoms with Crippen LogP contribution in [-0.2, 0) is 11.3 Å². The van der Waals surface area contributed by atoms with Crippen LogP contribution >= 0.6 is 0 Å². The molecule has 0 atom stereocenters. The number of amides is 2. The highest BCUT2D eigenvalue weighted by atomic mass is 16.2. The zero-order valence-corrected chi connectivity index (χ0v) is 18.2. The third-order valence-electron chi connectivity index (χ3n) is 5.11. The average Bonchev–Trinajstić information content (AvgIpc) is 3.31. The van der Waals surface area contributed by atoms with Crippen LogP contribution in [0, 0.1) is 0 Å². The number of nitrogens with one attached hydrogen (secondary N) is 2. The van der Waals surface area contributed by atoms with E-state index in [1.165, 1.54) is 6.08 Å². The molecule has 3 aromatic carbocycles. The Morgan fingerprint density at radius 2 is 1.67 bits per heavy atom. The van der Waals surface area contributed by atoms with Crippen molar-refractivity contribution in [2.45, 2.75) is 6.54 Å². The maximum Gasteiger partial charge on any atom is 0.251 e. The molecular weight excluding hydrogens is 412 g/mol. The molecule has 164 valence electrons. The van der Waals surface area contributed by atoms with Crippen molar-refractivity contribution in [1.29, 1.82) is 0 Å². The van der Waals surface area contributed by atoms with E-state index in [9.17, 15) is 9.59 Å². The molecule has 6 nitrogen and oxygen atoms in total. The summed E-state index contributed by atoms with van der Waals surface area (Å²) in [7, 11) is 1.59. The van der Waals surface area contributed by atoms with Crippen LogP contribution in [0.15, 0.2) is 97.2 Å². The van der Waals surface area contributed by atoms with Gasteiger partial charge in [-0.15, -0.1) is 0 Å². The topological polar surface area (TPSA) is 76.0 Å². The van der Waals surface area contributed by atoms with Gasteiger partial charge in [-0.05, 0) is 35.9 Å². The molecule has 4 aromatic rings. The molecule has 0 fully saturated rings. The Balaban J connectivity index is 1.52. The first-order valence-electron chi connectivity index (χ1n) is 10.6. The van der Waals surface area contributed by atoms with Crippen molar-refractivity contribution < 1.29 is 9.59 Å². The molecule has 0 saturated carbocycles. The maximum atomic E-state index is 12.5. The predicted molar refractivity (Wildman–Crippen MR) is 130 cm³/mol. The van der Waals surface area contributed by atoms with Gasteiger partial charge in [-0.25, -0.2) is 4.68 Å². The lowest BCUT2D eigenvalue weighted by atomic mass is 10.1. The number of nitrogens with zero attached hydrogens (tertiary/aromatic N) is 2. The summed E-state index contributed by atoms with van der Waals surface area (Å²) in [6.07, 6.45) is 5.18. The first kappa shape index (κ1) is 21.8. The van der Waals surface area contributed by atoms with Crippen molar-refractivity contribution in [2.75, 3.05) is 7.05 Å². The standard InChI is InChI=1S/C27H24N4O2/c1-28-27(33)22-12-8-9-20(17-22)18-29-25(32)16-15-23-19-31(24-13-6-3-7-14-24)30-26(23)21-10-4-2-5-11-21/h2-17,19H,18H2,1H3,(H,28,33)(H,29,32)/b16-15+. The number of para-hydroxylation sites is 1. The Morgan fingerprint density at radius 3 is 2.39 bits per heavy atom. The fraction of sp³-hybridized carbons (Fsp3) is 0.0741. The summed E-state index contributed by atoms with van der Waals surface area (Å²) >= 11 is 0. The molecule has 2 amide bonds. The number of aromatic nitrogens is 2. The Morgan fingerprint density at radius 1 is 0.939 bits per heavy atom. The Kier molecular flexibility index (Phi) is 6.75. The van der Waals surface area contributed by atoms with Gasteiger partial charge in [-0.1, -0.05) is 60.7 Å². The van der Waals surface area contributed by atoms with Crippen LogP contribution in [-0.4, -0.2) is 28.6 Å². The lowest BCUT2D eigenvalue weighted by Crippen LogP contribution is -2.21. The lowest BCUT2D eigenvalue weighted by molar-refractivity contribution is -0.116. The van der Waals surface area contributed by atoms with Crippen LogP contribution in [0.3, 0.4) is 0 Å². The summed E-state index contributed by atoms with van der Waals surface area (Å²) in [5.74, 6) is -0.390. The predicted octanol–water partition coefficient (Wildman–Crippen LogP) is 4.23. The summed E-state index contributed by atoms with van der Waals surface area (Å²) in [5.41, 5.74) is 4.94. The molecule has 0 aliphatic carbocycles. The number of carbonyl (C=O) groups excluding carboxylic acids is 2. The number of carbonyl (C=O) groups is 2. The van der Waals surface area contributed by atoms with E-state index in [1.54, 1.807) is 31.3 Å². The van der Waals surface area contributed by atoms with Crippen LogP contribution in [0.5, 0.6) is 0 Å². The molecule has 0 saturated heterocycles. The summed E-state index contributed by atoms with van der Waals surface area (Å²) in [6, 6.07) is 26.9. The summed E-state index contributed by atoms with van der Waals surface area (Å²) in [5, 5.41) is 10.2. The van der Waals surface area contributed by atoms with Crippen molar-refractivity contribution >= 4 is 17.9 Å². The molecule has 0 unspecified atom stereocenters. The van der Waals surface area contributed by atoms with Gasteiger partial charge in [-0.2, -0.15) is 5.10 Å². The molecule has 2 N–H and O–H groups in total. The van der Waals surface area contributed by atoms with Gasteiger partial charge in [0.15, 0.2) is 0 Å². The molecule has 6 heteroatoms. The van der Waals surface area contributed by atoms with Crippen molar-refractivity contribution in [2.24, 2.45) is 0 Å². The number of rotatable bonds is 7. The highest BCUT2D eigenvalue weighted by Crippen LogP contribution is 2.24. The maximum absolute atomic E-state index is 12.5. The zero-order valence-electron chi connectivity index (χ0n) is 18.2. The van der Waals surface area contributed by atoms with E-state index >= 15 is 0 Å². The quantitative estimate of drug-likeness (QED) is 0.426. The SMILES string of the molecule is CNC(=O)c1cccc(CNC(=O)/C=C/c2cn(-c3ccccc3)nc2-c2ccccc2)c1. The smallest absolute Gasteiger partial charge is 0.251 e. The molecule has 33 heavy (non-hydrogen) atoms. The summed E-state index contributed by atoms with van der Waals surface area (Å²) < 4.78 is 1.81. The molecule has 1 aromatic heterocycles. The lowest BCUT2D eigenvalue weighted by Gasteiger charge is -2.05. The second kappa shape index (κ2) is 10.2. The number of hydrogen-bond acceptors (Lipinski definition) is 3. The minimum absolute atomic E-state index is 0.160. The van der Waals surface area contributed by atoms with Crippen LogP contribution in [0.2, 0.25) is 0 Å². The van der Waals surface area contributed by atoms with E-state index < -0.39 is 0 Å². The number of hydrogen-bond donors (Lipinski definition) is 2. The first-order valence-corrected chi connectivity index (χ1v) is 10.6. The molecule has 0 aliphatic rings. The minimum Gasteiger partial charge on any atom is -0.355 e. The van der Waals surface area contributed by atoms with Crippen molar-refractivity contribution in [1.82, 2.24) is 20.4 Å². The number of benzene rings is 3. The van der Waals surface area contributed by atoms with Gasteiger partial charge in [0.2, 0.25) is 5.91 Å². The van der Waals surface area contributed by atoms with Crippen LogP contribution < -0.4 is 10.6 Å². The fourth-order valence-corrected chi connectivity index (χ4v) is 3.42. The normalized spacial score (nSPS) is 10.8. The van der Waals surface area contributed by atoms with Crippen LogP contribution in [0.4, 0.5) is 0 Å². The van der Waals surface area contributed by atoms with Crippen molar-refractivity contribution in [3.05, 3.63) is 114 Å². The van der Waals surface area contributed by atoms with Gasteiger partial charge in [-0.3, -0.25) is 9.59 Å². The first-order chi connectivity index (χ1) is 16.1. The van der Waals surface area contributed by atoms with E-state index in [2.05, 4.69) is 10.6 Å². The van der Waals surface area contributed by atoms with E-state index in [0.29, 0.717) is 12.1 Å². The molecule has 4 rings (SSSR count). The highest BCUT2D eigenvalue weighted by Gasteiger charge is 2.11. The molecular formula is C27H24N4O2. The van der Waals surface area contributed by atoms with E-state index in [-0.39, 0.29) is 11.8 Å².